The monoisotopic (exact) mass is 307 g/mol. The van der Waals surface area contributed by atoms with Crippen molar-refractivity contribution in [3.05, 3.63) is 0 Å². The Morgan fingerprint density at radius 1 is 1.58 bits per heavy atom. The van der Waals surface area contributed by atoms with Crippen molar-refractivity contribution in [2.24, 2.45) is 5.92 Å². The molecule has 0 radical (unpaired) electrons. The second kappa shape index (κ2) is 8.01. The van der Waals surface area contributed by atoms with Crippen LogP contribution in [0.25, 0.3) is 0 Å². The standard InChI is InChI=1S/C12H21NO4S2/c1-8(2)9(19-18-3)4-7-12(16)17-13-10(14)5-6-11(13)15/h8-10,14H,4-7H2,1-3H3. The summed E-state index contributed by atoms with van der Waals surface area (Å²) in [5, 5.41) is 10.7. The number of carbonyl (C=O) groups is 2. The lowest BCUT2D eigenvalue weighted by Gasteiger charge is -2.21. The summed E-state index contributed by atoms with van der Waals surface area (Å²) in [6, 6.07) is 0. The maximum atomic E-state index is 11.7. The van der Waals surface area contributed by atoms with E-state index in [1.165, 1.54) is 0 Å². The van der Waals surface area contributed by atoms with E-state index in [1.54, 1.807) is 21.6 Å². The molecule has 0 saturated carbocycles. The third-order valence-corrected chi connectivity index (χ3v) is 5.47. The molecule has 110 valence electrons. The normalized spacial score (nSPS) is 21.0. The van der Waals surface area contributed by atoms with Crippen molar-refractivity contribution in [1.82, 2.24) is 5.06 Å². The van der Waals surface area contributed by atoms with E-state index >= 15 is 0 Å². The van der Waals surface area contributed by atoms with Crippen molar-refractivity contribution in [2.75, 3.05) is 6.26 Å². The van der Waals surface area contributed by atoms with Crippen LogP contribution in [-0.4, -0.2) is 39.8 Å². The van der Waals surface area contributed by atoms with E-state index in [0.717, 1.165) is 5.06 Å². The molecule has 0 aliphatic carbocycles. The van der Waals surface area contributed by atoms with Crippen LogP contribution in [0.4, 0.5) is 0 Å². The summed E-state index contributed by atoms with van der Waals surface area (Å²) in [5.74, 6) is -0.314. The van der Waals surface area contributed by atoms with E-state index in [1.807, 2.05) is 6.26 Å². The molecule has 0 aromatic rings. The van der Waals surface area contributed by atoms with Gasteiger partial charge in [0.2, 0.25) is 0 Å². The summed E-state index contributed by atoms with van der Waals surface area (Å²) in [5.41, 5.74) is 0. The Hall–Kier alpha value is -0.400. The highest BCUT2D eigenvalue weighted by Gasteiger charge is 2.33. The number of carbonyl (C=O) groups excluding carboxylic acids is 2. The van der Waals surface area contributed by atoms with Gasteiger partial charge in [0.1, 0.15) is 0 Å². The van der Waals surface area contributed by atoms with E-state index in [9.17, 15) is 14.7 Å². The highest BCUT2D eigenvalue weighted by molar-refractivity contribution is 8.76. The first kappa shape index (κ1) is 16.7. The fourth-order valence-corrected chi connectivity index (χ4v) is 4.17. The summed E-state index contributed by atoms with van der Waals surface area (Å²) in [6.07, 6.45) is 2.54. The van der Waals surface area contributed by atoms with Gasteiger partial charge in [-0.25, -0.2) is 4.79 Å². The largest absolute Gasteiger partial charge is 0.370 e. The minimum absolute atomic E-state index is 0.228. The molecule has 1 aliphatic heterocycles. The quantitative estimate of drug-likeness (QED) is 0.727. The molecule has 1 saturated heterocycles. The molecule has 1 N–H and O–H groups in total. The molecule has 2 unspecified atom stereocenters. The fourth-order valence-electron chi connectivity index (χ4n) is 1.79. The molecule has 2 atom stereocenters. The predicted molar refractivity (Wildman–Crippen MR) is 77.1 cm³/mol. The Morgan fingerprint density at radius 2 is 2.26 bits per heavy atom. The average molecular weight is 307 g/mol. The van der Waals surface area contributed by atoms with Gasteiger partial charge in [0.05, 0.1) is 0 Å². The minimum Gasteiger partial charge on any atom is -0.370 e. The van der Waals surface area contributed by atoms with Crippen LogP contribution in [0.3, 0.4) is 0 Å². The summed E-state index contributed by atoms with van der Waals surface area (Å²) >= 11 is 0. The molecule has 0 bridgehead atoms. The third kappa shape index (κ3) is 5.24. The van der Waals surface area contributed by atoms with Crippen LogP contribution in [0.1, 0.15) is 39.5 Å². The molecular formula is C12H21NO4S2. The van der Waals surface area contributed by atoms with Crippen molar-refractivity contribution in [3.8, 4) is 0 Å². The molecule has 1 heterocycles. The molecular weight excluding hydrogens is 286 g/mol. The van der Waals surface area contributed by atoms with E-state index in [-0.39, 0.29) is 18.7 Å². The van der Waals surface area contributed by atoms with Crippen LogP contribution >= 0.6 is 21.6 Å². The number of amides is 1. The lowest BCUT2D eigenvalue weighted by molar-refractivity contribution is -0.220. The molecule has 0 aromatic carbocycles. The Morgan fingerprint density at radius 3 is 2.74 bits per heavy atom. The highest BCUT2D eigenvalue weighted by Crippen LogP contribution is 2.32. The molecule has 0 spiro atoms. The van der Waals surface area contributed by atoms with Gasteiger partial charge in [-0.3, -0.25) is 4.79 Å². The van der Waals surface area contributed by atoms with Crippen LogP contribution in [0, 0.1) is 5.92 Å². The van der Waals surface area contributed by atoms with Crippen molar-refractivity contribution < 1.29 is 19.5 Å². The molecule has 1 aliphatic rings. The number of nitrogens with zero attached hydrogens (tertiary/aromatic N) is 1. The van der Waals surface area contributed by atoms with Gasteiger partial charge in [0, 0.05) is 24.5 Å². The zero-order chi connectivity index (χ0) is 14.4. The number of aliphatic hydroxyl groups is 1. The molecule has 1 fully saturated rings. The first-order chi connectivity index (χ1) is 8.95. The van der Waals surface area contributed by atoms with Crippen LogP contribution in [-0.2, 0) is 14.4 Å². The maximum absolute atomic E-state index is 11.7. The van der Waals surface area contributed by atoms with Gasteiger partial charge in [-0.05, 0) is 18.6 Å². The number of hydrogen-bond donors (Lipinski definition) is 1. The zero-order valence-electron chi connectivity index (χ0n) is 11.5. The molecule has 7 heteroatoms. The van der Waals surface area contributed by atoms with Crippen LogP contribution in [0.5, 0.6) is 0 Å². The van der Waals surface area contributed by atoms with E-state index in [4.69, 9.17) is 4.84 Å². The van der Waals surface area contributed by atoms with Crippen molar-refractivity contribution in [1.29, 1.82) is 0 Å². The summed E-state index contributed by atoms with van der Waals surface area (Å²) < 4.78 is 0. The predicted octanol–water partition coefficient (Wildman–Crippen LogP) is 2.20. The van der Waals surface area contributed by atoms with Gasteiger partial charge in [-0.2, -0.15) is 0 Å². The Labute approximate surface area is 121 Å². The van der Waals surface area contributed by atoms with Gasteiger partial charge in [-0.1, -0.05) is 35.4 Å². The summed E-state index contributed by atoms with van der Waals surface area (Å²) in [6.45, 7) is 4.24. The van der Waals surface area contributed by atoms with E-state index in [2.05, 4.69) is 13.8 Å². The Bertz CT molecular complexity index is 325. The van der Waals surface area contributed by atoms with E-state index < -0.39 is 12.2 Å². The Balaban J connectivity index is 2.36. The minimum atomic E-state index is -0.988. The smallest absolute Gasteiger partial charge is 0.332 e. The van der Waals surface area contributed by atoms with Gasteiger partial charge in [0.25, 0.3) is 5.91 Å². The van der Waals surface area contributed by atoms with E-state index in [0.29, 0.717) is 24.0 Å². The molecule has 0 aromatic heterocycles. The van der Waals surface area contributed by atoms with Crippen molar-refractivity contribution in [2.45, 2.75) is 51.0 Å². The molecule has 5 nitrogen and oxygen atoms in total. The third-order valence-electron chi connectivity index (χ3n) is 2.93. The number of hydroxylamine groups is 2. The lowest BCUT2D eigenvalue weighted by atomic mass is 10.1. The summed E-state index contributed by atoms with van der Waals surface area (Å²) in [7, 11) is 3.43. The van der Waals surface area contributed by atoms with Crippen LogP contribution in [0.15, 0.2) is 0 Å². The lowest BCUT2D eigenvalue weighted by Crippen LogP contribution is -2.35. The maximum Gasteiger partial charge on any atom is 0.332 e. The zero-order valence-corrected chi connectivity index (χ0v) is 13.1. The fraction of sp³-hybridized carbons (Fsp3) is 0.833. The van der Waals surface area contributed by atoms with Gasteiger partial charge >= 0.3 is 5.97 Å². The SMILES string of the molecule is CSSC(CCC(=O)ON1C(=O)CCC1O)C(C)C. The number of hydrogen-bond acceptors (Lipinski definition) is 6. The Kier molecular flexibility index (Phi) is 7.02. The molecule has 19 heavy (non-hydrogen) atoms. The first-order valence-corrected chi connectivity index (χ1v) is 8.98. The van der Waals surface area contributed by atoms with Gasteiger partial charge in [0.15, 0.2) is 6.23 Å². The second-order valence-corrected chi connectivity index (χ2v) is 7.49. The van der Waals surface area contributed by atoms with Gasteiger partial charge < -0.3 is 9.94 Å². The molecule has 1 amide bonds. The second-order valence-electron chi connectivity index (χ2n) is 4.79. The average Bonchev–Trinajstić information content (AvgIpc) is 2.66. The van der Waals surface area contributed by atoms with Gasteiger partial charge in [-0.15, -0.1) is 5.06 Å². The molecule has 1 rings (SSSR count). The van der Waals surface area contributed by atoms with Crippen LogP contribution < -0.4 is 0 Å². The van der Waals surface area contributed by atoms with Crippen LogP contribution in [0.2, 0.25) is 0 Å². The summed E-state index contributed by atoms with van der Waals surface area (Å²) in [4.78, 5) is 28.0. The highest BCUT2D eigenvalue weighted by atomic mass is 33.1. The number of rotatable bonds is 7. The number of aliphatic hydroxyl groups excluding tert-OH is 1. The van der Waals surface area contributed by atoms with Crippen molar-refractivity contribution >= 4 is 33.5 Å². The first-order valence-electron chi connectivity index (χ1n) is 6.36. The van der Waals surface area contributed by atoms with Crippen molar-refractivity contribution in [3.63, 3.8) is 0 Å². The topological polar surface area (TPSA) is 66.8 Å².